The van der Waals surface area contributed by atoms with Crippen LogP contribution < -0.4 is 0 Å². The van der Waals surface area contributed by atoms with Crippen LogP contribution >= 0.6 is 0 Å². The van der Waals surface area contributed by atoms with E-state index in [2.05, 4.69) is 11.9 Å². The van der Waals surface area contributed by atoms with Gasteiger partial charge in [-0.15, -0.1) is 0 Å². The molecule has 5 nitrogen and oxygen atoms in total. The summed E-state index contributed by atoms with van der Waals surface area (Å²) in [6.45, 7) is 6.46. The highest BCUT2D eigenvalue weighted by Gasteiger charge is 2.24. The van der Waals surface area contributed by atoms with E-state index in [0.717, 1.165) is 24.2 Å². The fraction of sp³-hybridized carbons (Fsp3) is 0.412. The van der Waals surface area contributed by atoms with Gasteiger partial charge in [0.25, 0.3) is 0 Å². The molecule has 0 saturated carbocycles. The average Bonchev–Trinajstić information content (AvgIpc) is 2.82. The number of imidazole rings is 1. The van der Waals surface area contributed by atoms with Crippen LogP contribution in [0.2, 0.25) is 0 Å². The number of nitrogens with zero attached hydrogens (tertiary/aromatic N) is 3. The first-order valence-electron chi connectivity index (χ1n) is 7.64. The van der Waals surface area contributed by atoms with Gasteiger partial charge in [-0.3, -0.25) is 0 Å². The van der Waals surface area contributed by atoms with Crippen molar-refractivity contribution in [2.24, 2.45) is 0 Å². The molecule has 122 valence electrons. The number of nitriles is 1. The zero-order valence-electron chi connectivity index (χ0n) is 13.7. The zero-order chi connectivity index (χ0) is 17.0. The van der Waals surface area contributed by atoms with Crippen molar-refractivity contribution >= 4 is 9.84 Å². The molecule has 2 rings (SSSR count). The van der Waals surface area contributed by atoms with Crippen LogP contribution in [-0.2, 0) is 22.1 Å². The van der Waals surface area contributed by atoms with Crippen LogP contribution in [0.3, 0.4) is 0 Å². The first-order chi connectivity index (χ1) is 10.9. The van der Waals surface area contributed by atoms with Gasteiger partial charge in [-0.1, -0.05) is 25.5 Å². The second-order valence-electron chi connectivity index (χ2n) is 5.64. The number of unbranched alkanes of at least 4 members (excludes halogenated alkanes) is 1. The van der Waals surface area contributed by atoms with Crippen molar-refractivity contribution in [2.75, 3.05) is 0 Å². The van der Waals surface area contributed by atoms with Crippen molar-refractivity contribution in [3.63, 3.8) is 0 Å². The maximum atomic E-state index is 12.8. The molecule has 0 amide bonds. The van der Waals surface area contributed by atoms with E-state index < -0.39 is 9.84 Å². The van der Waals surface area contributed by atoms with E-state index in [9.17, 15) is 8.42 Å². The van der Waals surface area contributed by atoms with Crippen LogP contribution in [0.25, 0.3) is 0 Å². The highest BCUT2D eigenvalue weighted by Crippen LogP contribution is 2.20. The van der Waals surface area contributed by atoms with Gasteiger partial charge in [0.2, 0.25) is 15.0 Å². The quantitative estimate of drug-likeness (QED) is 0.815. The van der Waals surface area contributed by atoms with Crippen molar-refractivity contribution in [1.82, 2.24) is 9.55 Å². The molecule has 1 aromatic heterocycles. The van der Waals surface area contributed by atoms with Crippen molar-refractivity contribution in [2.45, 2.75) is 51.1 Å². The van der Waals surface area contributed by atoms with Crippen molar-refractivity contribution in [3.8, 4) is 6.07 Å². The van der Waals surface area contributed by atoms with Gasteiger partial charge < -0.3 is 4.57 Å². The Hall–Kier alpha value is -2.13. The van der Waals surface area contributed by atoms with Gasteiger partial charge in [-0.05, 0) is 38.0 Å². The molecule has 0 saturated heterocycles. The molecule has 0 aliphatic carbocycles. The van der Waals surface area contributed by atoms with Crippen LogP contribution in [-0.4, -0.2) is 18.0 Å². The Morgan fingerprint density at radius 1 is 1.22 bits per heavy atom. The summed E-state index contributed by atoms with van der Waals surface area (Å²) in [7, 11) is -3.53. The van der Waals surface area contributed by atoms with Gasteiger partial charge in [-0.25, -0.2) is 13.4 Å². The largest absolute Gasteiger partial charge is 0.319 e. The van der Waals surface area contributed by atoms with Crippen molar-refractivity contribution in [3.05, 3.63) is 46.8 Å². The molecule has 0 fully saturated rings. The molecule has 23 heavy (non-hydrogen) atoms. The molecule has 0 spiro atoms. The fourth-order valence-electron chi connectivity index (χ4n) is 2.40. The highest BCUT2D eigenvalue weighted by atomic mass is 32.2. The molecule has 0 aliphatic rings. The minimum absolute atomic E-state index is 0.110. The summed E-state index contributed by atoms with van der Waals surface area (Å²) in [6.07, 6.45) is 1.90. The number of hydrogen-bond acceptors (Lipinski definition) is 4. The van der Waals surface area contributed by atoms with Crippen LogP contribution in [0.1, 0.15) is 42.3 Å². The van der Waals surface area contributed by atoms with E-state index in [4.69, 9.17) is 5.26 Å². The van der Waals surface area contributed by atoms with E-state index in [1.54, 1.807) is 28.8 Å². The molecule has 0 radical (unpaired) electrons. The van der Waals surface area contributed by atoms with Gasteiger partial charge in [0.05, 0.1) is 23.1 Å². The standard InChI is InChI=1S/C17H21N3O2S/c1-4-5-10-20-14(3)13(2)19-17(20)23(21,22)12-16-8-6-15(11-18)7-9-16/h6-9H,4-5,10,12H2,1-3H3. The van der Waals surface area contributed by atoms with Crippen LogP contribution in [0.5, 0.6) is 0 Å². The van der Waals surface area contributed by atoms with E-state index in [1.165, 1.54) is 0 Å². The summed E-state index contributed by atoms with van der Waals surface area (Å²) in [5, 5.41) is 8.95. The molecular formula is C17H21N3O2S. The average molecular weight is 331 g/mol. The van der Waals surface area contributed by atoms with E-state index in [1.807, 2.05) is 19.9 Å². The van der Waals surface area contributed by atoms with E-state index >= 15 is 0 Å². The maximum absolute atomic E-state index is 12.8. The van der Waals surface area contributed by atoms with Crippen molar-refractivity contribution in [1.29, 1.82) is 5.26 Å². The van der Waals surface area contributed by atoms with E-state index in [0.29, 0.717) is 17.7 Å². The Morgan fingerprint density at radius 2 is 1.87 bits per heavy atom. The van der Waals surface area contributed by atoms with Gasteiger partial charge in [0.15, 0.2) is 0 Å². The number of hydrogen-bond donors (Lipinski definition) is 0. The minimum atomic E-state index is -3.53. The Bertz CT molecular complexity index is 828. The third kappa shape index (κ3) is 3.80. The van der Waals surface area contributed by atoms with Gasteiger partial charge in [0, 0.05) is 12.2 Å². The monoisotopic (exact) mass is 331 g/mol. The second kappa shape index (κ2) is 6.97. The lowest BCUT2D eigenvalue weighted by atomic mass is 10.2. The molecule has 6 heteroatoms. The number of rotatable bonds is 6. The normalized spacial score (nSPS) is 11.4. The predicted molar refractivity (Wildman–Crippen MR) is 88.7 cm³/mol. The summed E-state index contributed by atoms with van der Waals surface area (Å²) in [6, 6.07) is 8.64. The van der Waals surface area contributed by atoms with Gasteiger partial charge in [-0.2, -0.15) is 5.26 Å². The van der Waals surface area contributed by atoms with Crippen LogP contribution in [0.15, 0.2) is 29.4 Å². The Labute approximate surface area is 137 Å². The smallest absolute Gasteiger partial charge is 0.228 e. The Morgan fingerprint density at radius 3 is 2.43 bits per heavy atom. The van der Waals surface area contributed by atoms with Crippen molar-refractivity contribution < 1.29 is 8.42 Å². The minimum Gasteiger partial charge on any atom is -0.319 e. The molecule has 2 aromatic rings. The first-order valence-corrected chi connectivity index (χ1v) is 9.29. The molecule has 0 aliphatic heterocycles. The SMILES string of the molecule is CCCCn1c(S(=O)(=O)Cc2ccc(C#N)cc2)nc(C)c1C. The van der Waals surface area contributed by atoms with Crippen LogP contribution in [0, 0.1) is 25.2 Å². The highest BCUT2D eigenvalue weighted by molar-refractivity contribution is 7.90. The third-order valence-electron chi connectivity index (χ3n) is 3.88. The molecule has 0 bridgehead atoms. The second-order valence-corrected chi connectivity index (χ2v) is 7.52. The van der Waals surface area contributed by atoms with Gasteiger partial charge >= 0.3 is 0 Å². The predicted octanol–water partition coefficient (Wildman–Crippen LogP) is 3.15. The first kappa shape index (κ1) is 17.2. The summed E-state index contributed by atoms with van der Waals surface area (Å²) in [4.78, 5) is 4.29. The summed E-state index contributed by atoms with van der Waals surface area (Å²) in [5.74, 6) is -0.110. The fourth-order valence-corrected chi connectivity index (χ4v) is 4.00. The van der Waals surface area contributed by atoms with Gasteiger partial charge in [0.1, 0.15) is 0 Å². The lowest BCUT2D eigenvalue weighted by Crippen LogP contribution is -2.14. The molecule has 0 N–H and O–H groups in total. The molecule has 1 aromatic carbocycles. The summed E-state index contributed by atoms with van der Waals surface area (Å²) >= 11 is 0. The number of aryl methyl sites for hydroxylation is 1. The van der Waals surface area contributed by atoms with E-state index in [-0.39, 0.29) is 10.9 Å². The molecule has 1 heterocycles. The number of aromatic nitrogens is 2. The Kier molecular flexibility index (Phi) is 5.22. The number of sulfone groups is 1. The summed E-state index contributed by atoms with van der Waals surface area (Å²) < 4.78 is 27.3. The van der Waals surface area contributed by atoms with Crippen LogP contribution in [0.4, 0.5) is 0 Å². The lowest BCUT2D eigenvalue weighted by molar-refractivity contribution is 0.538. The molecule has 0 unspecified atom stereocenters. The molecule has 0 atom stereocenters. The zero-order valence-corrected chi connectivity index (χ0v) is 14.5. The Balaban J connectivity index is 2.35. The molecular weight excluding hydrogens is 310 g/mol. The lowest BCUT2D eigenvalue weighted by Gasteiger charge is -2.10. The third-order valence-corrected chi connectivity index (χ3v) is 5.46. The topological polar surface area (TPSA) is 75.8 Å². The number of benzene rings is 1. The maximum Gasteiger partial charge on any atom is 0.228 e. The summed E-state index contributed by atoms with van der Waals surface area (Å²) in [5.41, 5.74) is 2.82.